The second-order valence-corrected chi connectivity index (χ2v) is 10.8. The largest absolute Gasteiger partial charge is 0.444 e. The summed E-state index contributed by atoms with van der Waals surface area (Å²) in [5, 5.41) is 0. The van der Waals surface area contributed by atoms with Gasteiger partial charge in [0.2, 0.25) is 11.8 Å². The first-order valence-corrected chi connectivity index (χ1v) is 14.8. The summed E-state index contributed by atoms with van der Waals surface area (Å²) >= 11 is 0. The molecule has 0 aromatic heterocycles. The van der Waals surface area contributed by atoms with Crippen molar-refractivity contribution >= 4 is 46.8 Å². The molecule has 2 fully saturated rings. The molecule has 4 amide bonds. The van der Waals surface area contributed by atoms with E-state index in [1.165, 1.54) is 0 Å². The van der Waals surface area contributed by atoms with E-state index in [0.717, 1.165) is 59.7 Å². The molecule has 0 radical (unpaired) electrons. The molecule has 12 heteroatoms. The molecule has 240 valence electrons. The molecule has 4 aliphatic heterocycles. The minimum absolute atomic E-state index is 0. The van der Waals surface area contributed by atoms with Gasteiger partial charge in [0.15, 0.2) is 0 Å². The molecule has 12 nitrogen and oxygen atoms in total. The molecule has 2 atom stereocenters. The van der Waals surface area contributed by atoms with Gasteiger partial charge in [0.1, 0.15) is 12.2 Å². The van der Waals surface area contributed by atoms with Crippen molar-refractivity contribution in [2.45, 2.75) is 72.5 Å². The molecular formula is C32H46N6O6. The number of nitrogens with two attached hydrogens (primary N) is 1. The summed E-state index contributed by atoms with van der Waals surface area (Å²) < 4.78 is 10.5. The Balaban J connectivity index is 0.000000230. The molecule has 5 N–H and O–H groups in total. The van der Waals surface area contributed by atoms with Crippen molar-refractivity contribution in [1.29, 1.82) is 0 Å². The van der Waals surface area contributed by atoms with Gasteiger partial charge in [-0.3, -0.25) is 19.4 Å². The quantitative estimate of drug-likeness (QED) is 0.472. The Morgan fingerprint density at radius 1 is 0.773 bits per heavy atom. The van der Waals surface area contributed by atoms with Crippen molar-refractivity contribution in [3.05, 3.63) is 47.5 Å². The zero-order chi connectivity index (χ0) is 30.0. The average molecular weight is 611 g/mol. The lowest BCUT2D eigenvalue weighted by Gasteiger charge is -2.18. The van der Waals surface area contributed by atoms with Crippen molar-refractivity contribution in [2.24, 2.45) is 5.73 Å². The molecule has 2 saturated heterocycles. The summed E-state index contributed by atoms with van der Waals surface area (Å²) in [6, 6.07) is 11.6. The van der Waals surface area contributed by atoms with Gasteiger partial charge in [0.25, 0.3) is 0 Å². The van der Waals surface area contributed by atoms with E-state index in [1.807, 2.05) is 67.0 Å². The Hall–Kier alpha value is -4.16. The maximum atomic E-state index is 11.9. The van der Waals surface area contributed by atoms with Crippen LogP contribution in [-0.2, 0) is 31.9 Å². The van der Waals surface area contributed by atoms with E-state index in [1.54, 1.807) is 9.80 Å². The summed E-state index contributed by atoms with van der Waals surface area (Å²) in [4.78, 5) is 54.4. The summed E-state index contributed by atoms with van der Waals surface area (Å²) in [6.45, 7) is 8.60. The van der Waals surface area contributed by atoms with Crippen LogP contribution in [0.4, 0.5) is 32.3 Å². The second kappa shape index (κ2) is 14.5. The number of hydrogen-bond donors (Lipinski definition) is 2. The van der Waals surface area contributed by atoms with Crippen LogP contribution in [0, 0.1) is 0 Å². The van der Waals surface area contributed by atoms with Crippen LogP contribution in [-0.4, -0.2) is 68.9 Å². The van der Waals surface area contributed by atoms with E-state index >= 15 is 0 Å². The molecule has 4 aliphatic rings. The number of amides is 4. The molecule has 2 aromatic rings. The summed E-state index contributed by atoms with van der Waals surface area (Å²) in [5.74, 6) is 0.276. The number of fused-ring (bicyclic) bond motifs is 2. The number of rotatable bonds is 6. The van der Waals surface area contributed by atoms with E-state index in [0.29, 0.717) is 39.0 Å². The maximum absolute atomic E-state index is 11.9. The first kappa shape index (κ1) is 34.3. The van der Waals surface area contributed by atoms with Crippen molar-refractivity contribution in [3.8, 4) is 0 Å². The Labute approximate surface area is 259 Å². The van der Waals surface area contributed by atoms with Crippen LogP contribution in [0.25, 0.3) is 0 Å². The van der Waals surface area contributed by atoms with Crippen LogP contribution >= 0.6 is 0 Å². The summed E-state index contributed by atoms with van der Waals surface area (Å²) in [5.41, 5.74) is 11.4. The van der Waals surface area contributed by atoms with Gasteiger partial charge in [-0.15, -0.1) is 0 Å². The third kappa shape index (κ3) is 6.66. The molecule has 2 aromatic carbocycles. The lowest BCUT2D eigenvalue weighted by Crippen LogP contribution is -2.28. The van der Waals surface area contributed by atoms with E-state index in [4.69, 9.17) is 15.2 Å². The highest BCUT2D eigenvalue weighted by molar-refractivity contribution is 5.97. The van der Waals surface area contributed by atoms with Crippen molar-refractivity contribution in [3.63, 3.8) is 0 Å². The highest BCUT2D eigenvalue weighted by Crippen LogP contribution is 2.35. The van der Waals surface area contributed by atoms with Gasteiger partial charge in [-0.2, -0.15) is 0 Å². The molecule has 0 bridgehead atoms. The normalized spacial score (nSPS) is 19.7. The number of carbonyl (C=O) groups excluding carboxylic acids is 4. The zero-order valence-electron chi connectivity index (χ0n) is 25.2. The van der Waals surface area contributed by atoms with E-state index < -0.39 is 0 Å². The minimum atomic E-state index is -0.357. The predicted molar refractivity (Wildman–Crippen MR) is 172 cm³/mol. The van der Waals surface area contributed by atoms with Gasteiger partial charge in [-0.1, -0.05) is 28.2 Å². The number of hydrogen-bond acceptors (Lipinski definition) is 8. The first-order chi connectivity index (χ1) is 20.3. The monoisotopic (exact) mass is 610 g/mol. The number of nitrogens with zero attached hydrogens (tertiary/aromatic N) is 4. The molecule has 6 rings (SSSR count). The SMILES string of the molecule is C.CCC(=O)N1CCc2cc(N3C[C@H](CC)OC3=O)ccc21.CCC(=O)N1CCc2cc(N3C[C@H](CN)OC3=O)ccc21.N. The fourth-order valence-corrected chi connectivity index (χ4v) is 5.81. The summed E-state index contributed by atoms with van der Waals surface area (Å²) in [7, 11) is 0. The van der Waals surface area contributed by atoms with E-state index in [9.17, 15) is 19.2 Å². The molecular weight excluding hydrogens is 564 g/mol. The molecule has 0 spiro atoms. The van der Waals surface area contributed by atoms with Crippen LogP contribution in [0.3, 0.4) is 0 Å². The van der Waals surface area contributed by atoms with Gasteiger partial charge in [-0.05, 0) is 66.8 Å². The number of cyclic esters (lactones) is 2. The van der Waals surface area contributed by atoms with Gasteiger partial charge in [0, 0.05) is 55.2 Å². The molecule has 0 unspecified atom stereocenters. The maximum Gasteiger partial charge on any atom is 0.414 e. The second-order valence-electron chi connectivity index (χ2n) is 10.8. The molecule has 4 heterocycles. The predicted octanol–water partition coefficient (Wildman–Crippen LogP) is 4.79. The Kier molecular flexibility index (Phi) is 11.3. The smallest absolute Gasteiger partial charge is 0.414 e. The Morgan fingerprint density at radius 3 is 1.57 bits per heavy atom. The lowest BCUT2D eigenvalue weighted by atomic mass is 10.1. The number of ether oxygens (including phenoxy) is 2. The molecule has 44 heavy (non-hydrogen) atoms. The fourth-order valence-electron chi connectivity index (χ4n) is 5.81. The third-order valence-corrected chi connectivity index (χ3v) is 8.21. The van der Waals surface area contributed by atoms with Crippen LogP contribution in [0.5, 0.6) is 0 Å². The minimum Gasteiger partial charge on any atom is -0.444 e. The number of anilines is 4. The number of carbonyl (C=O) groups is 4. The number of benzene rings is 2. The van der Waals surface area contributed by atoms with E-state index in [2.05, 4.69) is 0 Å². The van der Waals surface area contributed by atoms with Crippen molar-refractivity contribution in [2.75, 3.05) is 52.3 Å². The van der Waals surface area contributed by atoms with Gasteiger partial charge in [-0.25, -0.2) is 9.59 Å². The zero-order valence-corrected chi connectivity index (χ0v) is 25.2. The standard InChI is InChI=1S/C16H20N2O3.C15H19N3O3.CH4.H3N/c1-3-13-10-18(16(20)21-13)12-5-6-14-11(9-12)7-8-17(14)15(19)4-2;1-2-14(19)17-6-5-10-7-11(3-4-13(10)17)18-9-12(8-16)21-15(18)20;;/h5-6,9,13H,3-4,7-8,10H2,1-2H3;3-4,7,12H,2,5-6,8-9,16H2,1H3;1H4;1H3/t13-;12-;;/m00../s1. The Bertz CT molecular complexity index is 1280. The third-order valence-electron chi connectivity index (χ3n) is 8.21. The van der Waals surface area contributed by atoms with Crippen LogP contribution in [0.2, 0.25) is 0 Å². The summed E-state index contributed by atoms with van der Waals surface area (Å²) in [6.07, 6.45) is 2.59. The fraction of sp³-hybridized carbons (Fsp3) is 0.500. The topological polar surface area (TPSA) is 161 Å². The molecule has 0 saturated carbocycles. The van der Waals surface area contributed by atoms with Crippen molar-refractivity contribution in [1.82, 2.24) is 6.15 Å². The van der Waals surface area contributed by atoms with Crippen LogP contribution in [0.15, 0.2) is 36.4 Å². The highest BCUT2D eigenvalue weighted by Gasteiger charge is 2.34. The van der Waals surface area contributed by atoms with Crippen LogP contribution in [0.1, 0.15) is 58.6 Å². The Morgan fingerprint density at radius 2 is 1.20 bits per heavy atom. The van der Waals surface area contributed by atoms with Gasteiger partial charge >= 0.3 is 12.2 Å². The highest BCUT2D eigenvalue weighted by atomic mass is 16.6. The first-order valence-electron chi connectivity index (χ1n) is 14.8. The average Bonchev–Trinajstić information content (AvgIpc) is 3.80. The van der Waals surface area contributed by atoms with Crippen LogP contribution < -0.4 is 31.5 Å². The van der Waals surface area contributed by atoms with Crippen molar-refractivity contribution < 1.29 is 28.7 Å². The van der Waals surface area contributed by atoms with Gasteiger partial charge in [0.05, 0.1) is 13.1 Å². The molecule has 0 aliphatic carbocycles. The lowest BCUT2D eigenvalue weighted by molar-refractivity contribution is -0.119. The van der Waals surface area contributed by atoms with Gasteiger partial charge < -0.3 is 31.2 Å². The van der Waals surface area contributed by atoms with E-state index in [-0.39, 0.29) is 49.8 Å².